The Hall–Kier alpha value is -1.23. The number of nitrogens with one attached hydrogen (secondary N) is 1. The van der Waals surface area contributed by atoms with Gasteiger partial charge in [0.2, 0.25) is 11.9 Å². The van der Waals surface area contributed by atoms with Crippen LogP contribution in [0.1, 0.15) is 46.5 Å². The SMILES string of the molecule is CC1=NC(=NCC2CCCO2)NC(=O)C1CCC(C)C. The third-order valence-electron chi connectivity index (χ3n) is 3.84. The molecule has 2 unspecified atom stereocenters. The number of rotatable bonds is 5. The summed E-state index contributed by atoms with van der Waals surface area (Å²) in [5, 5.41) is 2.81. The number of nitrogens with zero attached hydrogens (tertiary/aromatic N) is 2. The Labute approximate surface area is 120 Å². The number of guanidine groups is 1. The Morgan fingerprint density at radius 1 is 1.50 bits per heavy atom. The molecule has 0 aromatic rings. The Balaban J connectivity index is 1.94. The standard InChI is InChI=1S/C15H25N3O2/c1-10(2)6-7-13-11(3)17-15(18-14(13)19)16-9-12-5-4-8-20-12/h10,12-13H,4-9H2,1-3H3,(H,16,18,19). The van der Waals surface area contributed by atoms with Gasteiger partial charge in [0.25, 0.3) is 0 Å². The molecule has 0 saturated carbocycles. The Morgan fingerprint density at radius 3 is 2.90 bits per heavy atom. The molecule has 0 aliphatic carbocycles. The first kappa shape index (κ1) is 15.2. The molecule has 2 atom stereocenters. The maximum atomic E-state index is 12.1. The highest BCUT2D eigenvalue weighted by Crippen LogP contribution is 2.17. The highest BCUT2D eigenvalue weighted by molar-refractivity contribution is 6.16. The molecule has 1 saturated heterocycles. The zero-order valence-electron chi connectivity index (χ0n) is 12.7. The average Bonchev–Trinajstić information content (AvgIpc) is 2.88. The van der Waals surface area contributed by atoms with Crippen LogP contribution in [0.3, 0.4) is 0 Å². The molecule has 0 radical (unpaired) electrons. The molecule has 1 amide bonds. The molecule has 0 bridgehead atoms. The zero-order valence-corrected chi connectivity index (χ0v) is 12.7. The molecule has 2 aliphatic rings. The summed E-state index contributed by atoms with van der Waals surface area (Å²) >= 11 is 0. The topological polar surface area (TPSA) is 63.1 Å². The van der Waals surface area contributed by atoms with E-state index in [2.05, 4.69) is 29.1 Å². The Kier molecular flexibility index (Phi) is 5.29. The van der Waals surface area contributed by atoms with E-state index in [1.54, 1.807) is 0 Å². The third-order valence-corrected chi connectivity index (χ3v) is 3.84. The second kappa shape index (κ2) is 6.97. The van der Waals surface area contributed by atoms with Gasteiger partial charge in [-0.2, -0.15) is 0 Å². The Morgan fingerprint density at radius 2 is 2.30 bits per heavy atom. The van der Waals surface area contributed by atoms with E-state index >= 15 is 0 Å². The minimum Gasteiger partial charge on any atom is -0.376 e. The lowest BCUT2D eigenvalue weighted by Gasteiger charge is -2.22. The smallest absolute Gasteiger partial charge is 0.235 e. The van der Waals surface area contributed by atoms with Gasteiger partial charge in [0.1, 0.15) is 0 Å². The minimum atomic E-state index is -0.0981. The van der Waals surface area contributed by atoms with Crippen molar-refractivity contribution in [1.82, 2.24) is 5.32 Å². The van der Waals surface area contributed by atoms with Crippen molar-refractivity contribution in [2.45, 2.75) is 52.6 Å². The predicted octanol–water partition coefficient (Wildman–Crippen LogP) is 2.16. The monoisotopic (exact) mass is 279 g/mol. The molecule has 0 aromatic heterocycles. The van der Waals surface area contributed by atoms with Gasteiger partial charge in [0.05, 0.1) is 18.6 Å². The first-order valence-electron chi connectivity index (χ1n) is 7.58. The van der Waals surface area contributed by atoms with Crippen molar-refractivity contribution in [3.8, 4) is 0 Å². The Bertz CT molecular complexity index is 409. The second-order valence-corrected chi connectivity index (χ2v) is 6.07. The molecule has 2 heterocycles. The van der Waals surface area contributed by atoms with Crippen LogP contribution in [0.5, 0.6) is 0 Å². The van der Waals surface area contributed by atoms with E-state index in [9.17, 15) is 4.79 Å². The molecule has 0 aromatic carbocycles. The number of hydrogen-bond acceptors (Lipinski definition) is 3. The van der Waals surface area contributed by atoms with Gasteiger partial charge < -0.3 is 4.74 Å². The van der Waals surface area contributed by atoms with Gasteiger partial charge in [0, 0.05) is 12.3 Å². The molecule has 1 N–H and O–H groups in total. The first-order chi connectivity index (χ1) is 9.56. The van der Waals surface area contributed by atoms with Crippen LogP contribution in [-0.4, -0.2) is 36.8 Å². The van der Waals surface area contributed by atoms with E-state index in [1.807, 2.05) is 6.92 Å². The van der Waals surface area contributed by atoms with Crippen molar-refractivity contribution in [3.05, 3.63) is 0 Å². The van der Waals surface area contributed by atoms with E-state index in [1.165, 1.54) is 0 Å². The number of ether oxygens (including phenoxy) is 1. The lowest BCUT2D eigenvalue weighted by Crippen LogP contribution is -2.43. The highest BCUT2D eigenvalue weighted by Gasteiger charge is 2.27. The highest BCUT2D eigenvalue weighted by atomic mass is 16.5. The summed E-state index contributed by atoms with van der Waals surface area (Å²) in [6.07, 6.45) is 4.23. The lowest BCUT2D eigenvalue weighted by atomic mass is 9.93. The van der Waals surface area contributed by atoms with Crippen LogP contribution in [0.15, 0.2) is 9.98 Å². The second-order valence-electron chi connectivity index (χ2n) is 6.07. The van der Waals surface area contributed by atoms with E-state index in [-0.39, 0.29) is 17.9 Å². The molecule has 5 nitrogen and oxygen atoms in total. The van der Waals surface area contributed by atoms with Crippen LogP contribution in [-0.2, 0) is 9.53 Å². The maximum absolute atomic E-state index is 12.1. The fourth-order valence-corrected chi connectivity index (χ4v) is 2.55. The zero-order chi connectivity index (χ0) is 14.5. The average molecular weight is 279 g/mol. The van der Waals surface area contributed by atoms with E-state index in [0.29, 0.717) is 18.4 Å². The van der Waals surface area contributed by atoms with Crippen molar-refractivity contribution in [1.29, 1.82) is 0 Å². The summed E-state index contributed by atoms with van der Waals surface area (Å²) in [5.74, 6) is 0.984. The van der Waals surface area contributed by atoms with Gasteiger partial charge in [-0.3, -0.25) is 10.1 Å². The van der Waals surface area contributed by atoms with Gasteiger partial charge in [-0.1, -0.05) is 13.8 Å². The van der Waals surface area contributed by atoms with Gasteiger partial charge >= 0.3 is 0 Å². The van der Waals surface area contributed by atoms with Crippen LogP contribution in [0.25, 0.3) is 0 Å². The largest absolute Gasteiger partial charge is 0.376 e. The quantitative estimate of drug-likeness (QED) is 0.838. The number of carbonyl (C=O) groups excluding carboxylic acids is 1. The summed E-state index contributed by atoms with van der Waals surface area (Å²) in [4.78, 5) is 20.9. The summed E-state index contributed by atoms with van der Waals surface area (Å²) in [6.45, 7) is 7.67. The van der Waals surface area contributed by atoms with Gasteiger partial charge in [0.15, 0.2) is 0 Å². The maximum Gasteiger partial charge on any atom is 0.235 e. The fourth-order valence-electron chi connectivity index (χ4n) is 2.55. The molecule has 1 fully saturated rings. The van der Waals surface area contributed by atoms with E-state index < -0.39 is 0 Å². The van der Waals surface area contributed by atoms with Crippen molar-refractivity contribution in [2.75, 3.05) is 13.2 Å². The summed E-state index contributed by atoms with van der Waals surface area (Å²) in [7, 11) is 0. The number of aliphatic imine (C=N–C) groups is 2. The van der Waals surface area contributed by atoms with E-state index in [4.69, 9.17) is 4.74 Å². The summed E-state index contributed by atoms with van der Waals surface area (Å²) < 4.78 is 5.52. The van der Waals surface area contributed by atoms with Crippen molar-refractivity contribution in [3.63, 3.8) is 0 Å². The van der Waals surface area contributed by atoms with Crippen LogP contribution in [0.4, 0.5) is 0 Å². The normalized spacial score (nSPS) is 28.9. The molecule has 20 heavy (non-hydrogen) atoms. The van der Waals surface area contributed by atoms with Crippen LogP contribution in [0.2, 0.25) is 0 Å². The lowest BCUT2D eigenvalue weighted by molar-refractivity contribution is -0.122. The van der Waals surface area contributed by atoms with Gasteiger partial charge in [-0.25, -0.2) is 9.98 Å². The molecule has 112 valence electrons. The van der Waals surface area contributed by atoms with E-state index in [0.717, 1.165) is 38.0 Å². The van der Waals surface area contributed by atoms with Crippen molar-refractivity contribution >= 4 is 17.6 Å². The van der Waals surface area contributed by atoms with Crippen LogP contribution < -0.4 is 5.32 Å². The van der Waals surface area contributed by atoms with Crippen LogP contribution >= 0.6 is 0 Å². The first-order valence-corrected chi connectivity index (χ1v) is 7.58. The minimum absolute atomic E-state index is 0.0317. The number of hydrogen-bond donors (Lipinski definition) is 1. The predicted molar refractivity (Wildman–Crippen MR) is 80.1 cm³/mol. The molecule has 2 rings (SSSR count). The van der Waals surface area contributed by atoms with Gasteiger partial charge in [-0.15, -0.1) is 0 Å². The molecule has 0 spiro atoms. The fraction of sp³-hybridized carbons (Fsp3) is 0.800. The number of amides is 1. The van der Waals surface area contributed by atoms with Gasteiger partial charge in [-0.05, 0) is 38.5 Å². The molecular formula is C15H25N3O2. The van der Waals surface area contributed by atoms with Crippen molar-refractivity contribution in [2.24, 2.45) is 21.8 Å². The van der Waals surface area contributed by atoms with Crippen LogP contribution in [0, 0.1) is 11.8 Å². The molecule has 2 aliphatic heterocycles. The molecular weight excluding hydrogens is 254 g/mol. The summed E-state index contributed by atoms with van der Waals surface area (Å²) in [5.41, 5.74) is 0.875. The third kappa shape index (κ3) is 4.13. The van der Waals surface area contributed by atoms with Crippen molar-refractivity contribution < 1.29 is 9.53 Å². The molecule has 5 heteroatoms. The number of carbonyl (C=O) groups is 1. The summed E-state index contributed by atoms with van der Waals surface area (Å²) in [6, 6.07) is 0.